The van der Waals surface area contributed by atoms with E-state index in [4.69, 9.17) is 9.15 Å². The second kappa shape index (κ2) is 16.7. The van der Waals surface area contributed by atoms with Crippen molar-refractivity contribution in [2.24, 2.45) is 5.92 Å². The van der Waals surface area contributed by atoms with Gasteiger partial charge in [0.25, 0.3) is 5.91 Å². The second-order valence-corrected chi connectivity index (χ2v) is 11.0. The highest BCUT2D eigenvalue weighted by molar-refractivity contribution is 5.91. The summed E-state index contributed by atoms with van der Waals surface area (Å²) in [7, 11) is 0. The molecule has 45 heavy (non-hydrogen) atoms. The Labute approximate surface area is 262 Å². The highest BCUT2D eigenvalue weighted by atomic mass is 16.5. The first-order chi connectivity index (χ1) is 21.8. The highest BCUT2D eigenvalue weighted by Gasteiger charge is 2.36. The van der Waals surface area contributed by atoms with Crippen molar-refractivity contribution >= 4 is 17.9 Å². The van der Waals surface area contributed by atoms with Crippen LogP contribution in [0.15, 0.2) is 95.9 Å². The van der Waals surface area contributed by atoms with Gasteiger partial charge in [0, 0.05) is 31.9 Å². The fraction of sp³-hybridized carbons (Fsp3) is 0.324. The van der Waals surface area contributed by atoms with E-state index in [0.29, 0.717) is 19.4 Å². The molecule has 4 N–H and O–H groups in total. The van der Waals surface area contributed by atoms with Crippen LogP contribution in [0.1, 0.15) is 59.3 Å². The van der Waals surface area contributed by atoms with Crippen LogP contribution in [0.4, 0.5) is 4.79 Å². The van der Waals surface area contributed by atoms with E-state index in [1.807, 2.05) is 73.7 Å². The van der Waals surface area contributed by atoms with Gasteiger partial charge in [-0.1, -0.05) is 73.7 Å². The summed E-state index contributed by atoms with van der Waals surface area (Å²) in [5.41, 5.74) is 1.06. The molecule has 0 spiro atoms. The van der Waals surface area contributed by atoms with E-state index in [9.17, 15) is 19.5 Å². The Balaban J connectivity index is 1.28. The maximum absolute atomic E-state index is 12.8. The molecular formula is C34H39N5O6. The van der Waals surface area contributed by atoms with Gasteiger partial charge in [0.2, 0.25) is 11.8 Å². The van der Waals surface area contributed by atoms with Crippen molar-refractivity contribution in [1.82, 2.24) is 25.9 Å². The molecule has 0 bridgehead atoms. The zero-order valence-corrected chi connectivity index (χ0v) is 25.3. The number of aliphatic hydroxyl groups is 1. The number of benzene rings is 2. The SMILES string of the molecule is CC(CCNC(=O)OCc1ccccc1)CC(=O)NCC(O)(CCc1ccccc1)c1nc(C(=O)NCc2cccnc2)co1. The lowest BCUT2D eigenvalue weighted by atomic mass is 9.94. The summed E-state index contributed by atoms with van der Waals surface area (Å²) in [6.07, 6.45) is 5.40. The zero-order chi connectivity index (χ0) is 31.9. The van der Waals surface area contributed by atoms with Gasteiger partial charge >= 0.3 is 6.09 Å². The van der Waals surface area contributed by atoms with Gasteiger partial charge in [-0.05, 0) is 47.9 Å². The molecule has 2 atom stereocenters. The van der Waals surface area contributed by atoms with Gasteiger partial charge in [-0.25, -0.2) is 9.78 Å². The van der Waals surface area contributed by atoms with Gasteiger partial charge < -0.3 is 30.2 Å². The quantitative estimate of drug-likeness (QED) is 0.146. The van der Waals surface area contributed by atoms with Gasteiger partial charge in [0.1, 0.15) is 12.9 Å². The van der Waals surface area contributed by atoms with Gasteiger partial charge in [-0.2, -0.15) is 0 Å². The Morgan fingerprint density at radius 1 is 0.933 bits per heavy atom. The number of nitrogens with zero attached hydrogens (tertiary/aromatic N) is 2. The summed E-state index contributed by atoms with van der Waals surface area (Å²) in [5.74, 6) is -0.840. The molecule has 0 fully saturated rings. The number of hydrogen-bond donors (Lipinski definition) is 4. The van der Waals surface area contributed by atoms with Gasteiger partial charge in [0.05, 0.1) is 6.54 Å². The highest BCUT2D eigenvalue weighted by Crippen LogP contribution is 2.26. The average Bonchev–Trinajstić information content (AvgIpc) is 3.57. The number of pyridine rings is 1. The van der Waals surface area contributed by atoms with Gasteiger partial charge in [-0.15, -0.1) is 0 Å². The maximum Gasteiger partial charge on any atom is 0.407 e. The molecule has 0 saturated heterocycles. The fourth-order valence-corrected chi connectivity index (χ4v) is 4.56. The molecule has 11 nitrogen and oxygen atoms in total. The first kappa shape index (κ1) is 32.9. The lowest BCUT2D eigenvalue weighted by molar-refractivity contribution is -0.123. The molecule has 4 rings (SSSR count). The summed E-state index contributed by atoms with van der Waals surface area (Å²) in [6, 6.07) is 22.6. The fourth-order valence-electron chi connectivity index (χ4n) is 4.56. The standard InChI is InChI=1S/C34H39N5O6/c1-25(15-18-36-33(42)45-22-27-11-6-3-7-12-27)19-30(40)38-24-34(43,16-14-26-9-4-2-5-10-26)32-39-29(23-44-32)31(41)37-21-28-13-8-17-35-20-28/h2-13,17,20,23,25,43H,14-16,18-19,21-22,24H2,1H3,(H,36,42)(H,37,41)(H,38,40). The lowest BCUT2D eigenvalue weighted by Gasteiger charge is -2.25. The molecule has 0 aliphatic carbocycles. The smallest absolute Gasteiger partial charge is 0.407 e. The molecule has 0 saturated carbocycles. The Hall–Kier alpha value is -5.03. The number of aromatic nitrogens is 2. The number of alkyl carbamates (subject to hydrolysis) is 1. The van der Waals surface area contributed by atoms with Crippen LogP contribution >= 0.6 is 0 Å². The molecular weight excluding hydrogens is 574 g/mol. The maximum atomic E-state index is 12.8. The van der Waals surface area contributed by atoms with Crippen LogP contribution in [0.2, 0.25) is 0 Å². The van der Waals surface area contributed by atoms with Crippen molar-refractivity contribution < 1.29 is 28.6 Å². The normalized spacial score (nSPS) is 12.8. The number of ether oxygens (including phenoxy) is 1. The van der Waals surface area contributed by atoms with Crippen molar-refractivity contribution in [2.75, 3.05) is 13.1 Å². The first-order valence-electron chi connectivity index (χ1n) is 14.9. The molecule has 2 heterocycles. The predicted molar refractivity (Wildman–Crippen MR) is 167 cm³/mol. The van der Waals surface area contributed by atoms with Crippen LogP contribution in [0.3, 0.4) is 0 Å². The Morgan fingerprint density at radius 3 is 2.36 bits per heavy atom. The monoisotopic (exact) mass is 613 g/mol. The number of carbonyl (C=O) groups excluding carboxylic acids is 3. The van der Waals surface area contributed by atoms with Crippen molar-refractivity contribution in [3.63, 3.8) is 0 Å². The van der Waals surface area contributed by atoms with Crippen LogP contribution in [-0.4, -0.2) is 46.1 Å². The van der Waals surface area contributed by atoms with Crippen LogP contribution in [0.25, 0.3) is 0 Å². The third-order valence-electron chi connectivity index (χ3n) is 7.21. The predicted octanol–water partition coefficient (Wildman–Crippen LogP) is 4.28. The van der Waals surface area contributed by atoms with E-state index in [1.54, 1.807) is 18.5 Å². The molecule has 2 aromatic carbocycles. The van der Waals surface area contributed by atoms with E-state index in [-0.39, 0.29) is 55.9 Å². The van der Waals surface area contributed by atoms with Crippen LogP contribution in [0.5, 0.6) is 0 Å². The van der Waals surface area contributed by atoms with Crippen LogP contribution in [-0.2, 0) is 34.7 Å². The Kier molecular flexibility index (Phi) is 12.2. The van der Waals surface area contributed by atoms with Crippen molar-refractivity contribution in [1.29, 1.82) is 0 Å². The van der Waals surface area contributed by atoms with Gasteiger partial charge in [-0.3, -0.25) is 14.6 Å². The number of oxazole rings is 1. The minimum absolute atomic E-state index is 0.0155. The number of rotatable bonds is 16. The summed E-state index contributed by atoms with van der Waals surface area (Å²) in [5, 5.41) is 20.0. The number of aryl methyl sites for hydroxylation is 1. The summed E-state index contributed by atoms with van der Waals surface area (Å²) in [4.78, 5) is 45.9. The Bertz CT molecular complexity index is 1500. The number of hydrogen-bond acceptors (Lipinski definition) is 8. The largest absolute Gasteiger partial charge is 0.445 e. The average molecular weight is 614 g/mol. The van der Waals surface area contributed by atoms with E-state index in [0.717, 1.165) is 16.7 Å². The molecule has 0 aliphatic rings. The zero-order valence-electron chi connectivity index (χ0n) is 25.3. The molecule has 11 heteroatoms. The number of carbonyl (C=O) groups is 3. The molecule has 0 aliphatic heterocycles. The Morgan fingerprint density at radius 2 is 1.64 bits per heavy atom. The second-order valence-electron chi connectivity index (χ2n) is 11.0. The topological polar surface area (TPSA) is 156 Å². The molecule has 236 valence electrons. The van der Waals surface area contributed by atoms with Gasteiger partial charge in [0.15, 0.2) is 11.3 Å². The van der Waals surface area contributed by atoms with Crippen molar-refractivity contribution in [3.8, 4) is 0 Å². The molecule has 4 aromatic rings. The first-order valence-corrected chi connectivity index (χ1v) is 14.9. The van der Waals surface area contributed by atoms with Crippen LogP contribution in [0, 0.1) is 5.92 Å². The summed E-state index contributed by atoms with van der Waals surface area (Å²) in [6.45, 7) is 2.53. The molecule has 2 unspecified atom stereocenters. The van der Waals surface area contributed by atoms with E-state index in [2.05, 4.69) is 25.9 Å². The molecule has 2 aromatic heterocycles. The molecule has 3 amide bonds. The summed E-state index contributed by atoms with van der Waals surface area (Å²) >= 11 is 0. The third-order valence-corrected chi connectivity index (χ3v) is 7.21. The summed E-state index contributed by atoms with van der Waals surface area (Å²) < 4.78 is 10.8. The third kappa shape index (κ3) is 10.9. The lowest BCUT2D eigenvalue weighted by Crippen LogP contribution is -2.42. The molecule has 0 radical (unpaired) electrons. The number of amides is 3. The van der Waals surface area contributed by atoms with E-state index >= 15 is 0 Å². The number of nitrogens with one attached hydrogen (secondary N) is 3. The van der Waals surface area contributed by atoms with Crippen molar-refractivity contribution in [3.05, 3.63) is 120 Å². The van der Waals surface area contributed by atoms with E-state index in [1.165, 1.54) is 6.26 Å². The van der Waals surface area contributed by atoms with E-state index < -0.39 is 17.6 Å². The van der Waals surface area contributed by atoms with Crippen molar-refractivity contribution in [2.45, 2.75) is 51.4 Å². The minimum Gasteiger partial charge on any atom is -0.445 e. The minimum atomic E-state index is -1.67. The van der Waals surface area contributed by atoms with Crippen LogP contribution < -0.4 is 16.0 Å².